The van der Waals surface area contributed by atoms with Crippen molar-refractivity contribution >= 4 is 22.8 Å². The highest BCUT2D eigenvalue weighted by Crippen LogP contribution is 2.18. The number of Topliss-reactive ketones (excluding diaryl/α,β-unsaturated/α-hetero) is 1. The van der Waals surface area contributed by atoms with E-state index in [1.807, 2.05) is 13.2 Å². The van der Waals surface area contributed by atoms with Crippen molar-refractivity contribution in [3.63, 3.8) is 0 Å². The number of carbonyl (C=O) groups excluding carboxylic acids is 1. The maximum absolute atomic E-state index is 10.9. The number of carbonyl (C=O) groups is 1. The summed E-state index contributed by atoms with van der Waals surface area (Å²) in [5.74, 6) is 0.0466. The summed E-state index contributed by atoms with van der Waals surface area (Å²) in [6.07, 6.45) is 1.53. The Morgan fingerprint density at radius 2 is 2.36 bits per heavy atom. The number of ketones is 1. The van der Waals surface area contributed by atoms with Gasteiger partial charge in [0.2, 0.25) is 5.23 Å². The van der Waals surface area contributed by atoms with E-state index in [4.69, 9.17) is 4.74 Å². The van der Waals surface area contributed by atoms with Crippen LogP contribution in [0.25, 0.3) is 0 Å². The third-order valence-electron chi connectivity index (χ3n) is 1.55. The Hall–Kier alpha value is -0.510. The summed E-state index contributed by atoms with van der Waals surface area (Å²) in [4.78, 5) is 15.1. The Balaban J connectivity index is 2.61. The van der Waals surface area contributed by atoms with Crippen molar-refractivity contribution < 1.29 is 9.53 Å². The smallest absolute Gasteiger partial charge is 0.246 e. The number of thioether (sulfide) groups is 1. The molecule has 0 spiro atoms. The molecule has 0 aromatic heterocycles. The van der Waals surface area contributed by atoms with Crippen molar-refractivity contribution in [2.45, 2.75) is 26.0 Å². The molecule has 0 amide bonds. The number of aliphatic imine (C=N–C) groups is 1. The van der Waals surface area contributed by atoms with E-state index < -0.39 is 0 Å². The van der Waals surface area contributed by atoms with Crippen LogP contribution in [0, 0.1) is 0 Å². The van der Waals surface area contributed by atoms with Gasteiger partial charge in [0.25, 0.3) is 0 Å². The van der Waals surface area contributed by atoms with Gasteiger partial charge in [0, 0.05) is 0 Å². The first kappa shape index (κ1) is 8.59. The molecular formula is C7H11NO2S. The first-order valence-corrected chi connectivity index (χ1v) is 4.66. The topological polar surface area (TPSA) is 38.7 Å². The van der Waals surface area contributed by atoms with E-state index in [-0.39, 0.29) is 17.9 Å². The van der Waals surface area contributed by atoms with Crippen LogP contribution < -0.4 is 0 Å². The largest absolute Gasteiger partial charge is 0.459 e. The van der Waals surface area contributed by atoms with Crippen molar-refractivity contribution in [2.75, 3.05) is 6.26 Å². The van der Waals surface area contributed by atoms with E-state index >= 15 is 0 Å². The van der Waals surface area contributed by atoms with E-state index in [0.29, 0.717) is 5.23 Å². The van der Waals surface area contributed by atoms with Gasteiger partial charge in [0.15, 0.2) is 11.9 Å². The molecule has 2 unspecified atom stereocenters. The summed E-state index contributed by atoms with van der Waals surface area (Å²) in [7, 11) is 0. The minimum Gasteiger partial charge on any atom is -0.459 e. The zero-order valence-corrected chi connectivity index (χ0v) is 7.64. The van der Waals surface area contributed by atoms with Gasteiger partial charge in [0.1, 0.15) is 0 Å². The molecule has 0 aromatic rings. The second-order valence-corrected chi connectivity index (χ2v) is 3.25. The van der Waals surface area contributed by atoms with Crippen molar-refractivity contribution in [3.05, 3.63) is 0 Å². The molecule has 3 nitrogen and oxygen atoms in total. The number of rotatable bonds is 1. The third-order valence-corrected chi connectivity index (χ3v) is 2.10. The maximum Gasteiger partial charge on any atom is 0.246 e. The lowest BCUT2D eigenvalue weighted by Crippen LogP contribution is -2.27. The van der Waals surface area contributed by atoms with Crippen molar-refractivity contribution in [2.24, 2.45) is 4.99 Å². The molecule has 0 aromatic carbocycles. The van der Waals surface area contributed by atoms with Gasteiger partial charge < -0.3 is 4.74 Å². The molecule has 0 saturated carbocycles. The molecule has 1 aliphatic rings. The molecule has 1 rings (SSSR count). The zero-order chi connectivity index (χ0) is 8.43. The lowest BCUT2D eigenvalue weighted by molar-refractivity contribution is -0.123. The van der Waals surface area contributed by atoms with Crippen LogP contribution in [0.2, 0.25) is 0 Å². The van der Waals surface area contributed by atoms with Gasteiger partial charge in [-0.3, -0.25) is 4.79 Å². The number of ether oxygens (including phenoxy) is 1. The molecule has 0 bridgehead atoms. The molecule has 11 heavy (non-hydrogen) atoms. The maximum atomic E-state index is 10.9. The fourth-order valence-electron chi connectivity index (χ4n) is 0.995. The van der Waals surface area contributed by atoms with Crippen molar-refractivity contribution in [1.82, 2.24) is 0 Å². The van der Waals surface area contributed by atoms with Crippen molar-refractivity contribution in [1.29, 1.82) is 0 Å². The molecule has 62 valence electrons. The van der Waals surface area contributed by atoms with Crippen LogP contribution in [0.15, 0.2) is 4.99 Å². The summed E-state index contributed by atoms with van der Waals surface area (Å²) in [6.45, 7) is 3.41. The number of hydrogen-bond donors (Lipinski definition) is 0. The fraction of sp³-hybridized carbons (Fsp3) is 0.714. The summed E-state index contributed by atoms with van der Waals surface area (Å²) in [5, 5.41) is 0.623. The van der Waals surface area contributed by atoms with Gasteiger partial charge >= 0.3 is 0 Å². The summed E-state index contributed by atoms with van der Waals surface area (Å²) < 4.78 is 5.25. The van der Waals surface area contributed by atoms with Gasteiger partial charge in [0.05, 0.1) is 6.04 Å². The summed E-state index contributed by atoms with van der Waals surface area (Å²) in [6, 6.07) is -0.0186. The van der Waals surface area contributed by atoms with Crippen LogP contribution in [0.1, 0.15) is 13.8 Å². The minimum absolute atomic E-state index is 0.0186. The van der Waals surface area contributed by atoms with Crippen LogP contribution in [0.4, 0.5) is 0 Å². The highest BCUT2D eigenvalue weighted by Gasteiger charge is 2.30. The van der Waals surface area contributed by atoms with Crippen molar-refractivity contribution in [3.8, 4) is 0 Å². The monoisotopic (exact) mass is 173 g/mol. The van der Waals surface area contributed by atoms with E-state index in [1.165, 1.54) is 18.7 Å². The Morgan fingerprint density at radius 1 is 1.73 bits per heavy atom. The Bertz CT molecular complexity index is 203. The lowest BCUT2D eigenvalue weighted by atomic mass is 10.1. The third kappa shape index (κ3) is 1.74. The highest BCUT2D eigenvalue weighted by molar-refractivity contribution is 8.12. The first-order valence-electron chi connectivity index (χ1n) is 3.44. The Morgan fingerprint density at radius 3 is 2.64 bits per heavy atom. The average Bonchev–Trinajstić information content (AvgIpc) is 2.30. The second-order valence-electron chi connectivity index (χ2n) is 2.49. The van der Waals surface area contributed by atoms with Crippen LogP contribution in [-0.4, -0.2) is 29.4 Å². The van der Waals surface area contributed by atoms with E-state index in [0.717, 1.165) is 0 Å². The first-order chi connectivity index (χ1) is 5.15. The predicted octanol–water partition coefficient (Wildman–Crippen LogP) is 1.08. The molecule has 0 fully saturated rings. The highest BCUT2D eigenvalue weighted by atomic mass is 32.2. The van der Waals surface area contributed by atoms with Crippen LogP contribution in [0.3, 0.4) is 0 Å². The molecular weight excluding hydrogens is 162 g/mol. The molecule has 0 saturated heterocycles. The SMILES string of the molecule is CSC1=NC(C)C(C(C)=O)O1. The molecule has 0 N–H and O–H groups in total. The van der Waals surface area contributed by atoms with E-state index in [2.05, 4.69) is 4.99 Å². The summed E-state index contributed by atoms with van der Waals surface area (Å²) >= 11 is 1.43. The van der Waals surface area contributed by atoms with Crippen LogP contribution in [0.5, 0.6) is 0 Å². The molecule has 2 atom stereocenters. The van der Waals surface area contributed by atoms with Crippen LogP contribution >= 0.6 is 11.8 Å². The average molecular weight is 173 g/mol. The second kappa shape index (κ2) is 3.26. The zero-order valence-electron chi connectivity index (χ0n) is 6.83. The van der Waals surface area contributed by atoms with Gasteiger partial charge in [-0.1, -0.05) is 11.8 Å². The lowest BCUT2D eigenvalue weighted by Gasteiger charge is -2.09. The Labute approximate surface area is 70.2 Å². The number of nitrogens with zero attached hydrogens (tertiary/aromatic N) is 1. The van der Waals surface area contributed by atoms with Gasteiger partial charge in [-0.25, -0.2) is 4.99 Å². The molecule has 1 heterocycles. The quantitative estimate of drug-likeness (QED) is 0.595. The normalized spacial score (nSPS) is 29.5. The predicted molar refractivity (Wildman–Crippen MR) is 46.0 cm³/mol. The van der Waals surface area contributed by atoms with E-state index in [1.54, 1.807) is 0 Å². The van der Waals surface area contributed by atoms with Gasteiger partial charge in [-0.2, -0.15) is 0 Å². The van der Waals surface area contributed by atoms with Gasteiger partial charge in [-0.15, -0.1) is 0 Å². The standard InChI is InChI=1S/C7H11NO2S/c1-4-6(5(2)9)10-7(8-4)11-3/h4,6H,1-3H3. The molecule has 0 radical (unpaired) electrons. The minimum atomic E-state index is -0.350. The fourth-order valence-corrected chi connectivity index (χ4v) is 1.47. The summed E-state index contributed by atoms with van der Waals surface area (Å²) in [5.41, 5.74) is 0. The number of hydrogen-bond acceptors (Lipinski definition) is 4. The molecule has 0 aliphatic carbocycles. The molecule has 4 heteroatoms. The van der Waals surface area contributed by atoms with Crippen LogP contribution in [-0.2, 0) is 9.53 Å². The Kier molecular flexibility index (Phi) is 2.54. The van der Waals surface area contributed by atoms with E-state index in [9.17, 15) is 4.79 Å². The van der Waals surface area contributed by atoms with Gasteiger partial charge in [-0.05, 0) is 20.1 Å². The molecule has 1 aliphatic heterocycles.